The van der Waals surface area contributed by atoms with E-state index in [-0.39, 0.29) is 23.2 Å². The molecular weight excluding hydrogens is 393 g/mol. The number of carbonyl (C=O) groups is 1. The summed E-state index contributed by atoms with van der Waals surface area (Å²) in [5, 5.41) is 2.61. The fraction of sp³-hybridized carbons (Fsp3) is 0.440. The molecule has 0 fully saturated rings. The van der Waals surface area contributed by atoms with Crippen molar-refractivity contribution in [1.82, 2.24) is 10.2 Å². The average Bonchev–Trinajstić information content (AvgIpc) is 2.75. The summed E-state index contributed by atoms with van der Waals surface area (Å²) in [6.45, 7) is 11.3. The van der Waals surface area contributed by atoms with Crippen LogP contribution >= 0.6 is 0 Å². The van der Waals surface area contributed by atoms with Crippen LogP contribution in [0.2, 0.25) is 0 Å². The van der Waals surface area contributed by atoms with E-state index in [4.69, 9.17) is 9.73 Å². The second-order valence-corrected chi connectivity index (χ2v) is 9.03. The molecule has 0 aliphatic carbocycles. The van der Waals surface area contributed by atoms with E-state index in [1.54, 1.807) is 50.4 Å². The monoisotopic (exact) mass is 425 g/mol. The van der Waals surface area contributed by atoms with Gasteiger partial charge < -0.3 is 10.1 Å². The molecular formula is C25H32FN3O2. The Bertz CT molecular complexity index is 948. The van der Waals surface area contributed by atoms with Crippen LogP contribution < -0.4 is 10.1 Å². The van der Waals surface area contributed by atoms with E-state index in [1.165, 1.54) is 5.71 Å². The summed E-state index contributed by atoms with van der Waals surface area (Å²) in [5.41, 5.74) is 3.15. The Morgan fingerprint density at radius 2 is 1.94 bits per heavy atom. The molecule has 0 radical (unpaired) electrons. The first-order valence-electron chi connectivity index (χ1n) is 10.7. The van der Waals surface area contributed by atoms with Crippen molar-refractivity contribution in [2.24, 2.45) is 10.4 Å². The van der Waals surface area contributed by atoms with E-state index in [1.807, 2.05) is 6.07 Å². The lowest BCUT2D eigenvalue weighted by Gasteiger charge is -2.34. The van der Waals surface area contributed by atoms with Crippen LogP contribution in [0, 0.1) is 18.2 Å². The molecule has 166 valence electrons. The van der Waals surface area contributed by atoms with Gasteiger partial charge in [-0.15, -0.1) is 0 Å². The smallest absolute Gasteiger partial charge is 0.251 e. The van der Waals surface area contributed by atoms with E-state index in [0.29, 0.717) is 23.4 Å². The number of halogens is 1. The third kappa shape index (κ3) is 5.91. The van der Waals surface area contributed by atoms with Crippen molar-refractivity contribution in [3.05, 3.63) is 65.0 Å². The number of hydrogen-bond acceptors (Lipinski definition) is 4. The predicted molar refractivity (Wildman–Crippen MR) is 123 cm³/mol. The predicted octanol–water partition coefficient (Wildman–Crippen LogP) is 4.42. The lowest BCUT2D eigenvalue weighted by molar-refractivity contribution is 0.0963. The van der Waals surface area contributed by atoms with E-state index < -0.39 is 0 Å². The summed E-state index contributed by atoms with van der Waals surface area (Å²) in [6.07, 6.45) is -0.347. The van der Waals surface area contributed by atoms with Gasteiger partial charge in [-0.3, -0.25) is 14.7 Å². The van der Waals surface area contributed by atoms with Crippen LogP contribution in [0.15, 0.2) is 47.5 Å². The van der Waals surface area contributed by atoms with Gasteiger partial charge in [0.15, 0.2) is 0 Å². The minimum atomic E-state index is -0.347. The molecule has 1 N–H and O–H groups in total. The Morgan fingerprint density at radius 1 is 1.23 bits per heavy atom. The Kier molecular flexibility index (Phi) is 7.11. The van der Waals surface area contributed by atoms with Crippen LogP contribution in [0.1, 0.15) is 48.4 Å². The van der Waals surface area contributed by atoms with Crippen molar-refractivity contribution in [3.63, 3.8) is 0 Å². The number of aryl methyl sites for hydroxylation is 1. The summed E-state index contributed by atoms with van der Waals surface area (Å²) >= 11 is 0. The molecule has 31 heavy (non-hydrogen) atoms. The minimum absolute atomic E-state index is 0.0146. The Morgan fingerprint density at radius 3 is 2.55 bits per heavy atom. The van der Waals surface area contributed by atoms with Gasteiger partial charge in [0.1, 0.15) is 17.7 Å². The number of ether oxygens (including phenoxy) is 1. The highest BCUT2D eigenvalue weighted by atomic mass is 19.1. The molecule has 1 atom stereocenters. The number of nitrogens with zero attached hydrogens (tertiary/aromatic N) is 2. The van der Waals surface area contributed by atoms with Crippen LogP contribution in [-0.2, 0) is 0 Å². The Hall–Kier alpha value is -2.73. The maximum atomic E-state index is 14.3. The van der Waals surface area contributed by atoms with Crippen LogP contribution in [0.25, 0.3) is 0 Å². The lowest BCUT2D eigenvalue weighted by atomic mass is 9.88. The molecule has 0 spiro atoms. The van der Waals surface area contributed by atoms with Crippen LogP contribution in [0.4, 0.5) is 4.39 Å². The summed E-state index contributed by atoms with van der Waals surface area (Å²) in [6, 6.07) is 12.3. The maximum Gasteiger partial charge on any atom is 0.251 e. The van der Waals surface area contributed by atoms with Crippen LogP contribution in [0.5, 0.6) is 5.75 Å². The van der Waals surface area contributed by atoms with Gasteiger partial charge in [-0.2, -0.15) is 0 Å². The third-order valence-electron chi connectivity index (χ3n) is 5.57. The number of carbonyl (C=O) groups excluding carboxylic acids is 1. The maximum absolute atomic E-state index is 14.3. The molecule has 6 heteroatoms. The van der Waals surface area contributed by atoms with Crippen molar-refractivity contribution in [2.75, 3.05) is 33.2 Å². The normalized spacial score (nSPS) is 15.9. The highest BCUT2D eigenvalue weighted by Crippen LogP contribution is 2.27. The van der Waals surface area contributed by atoms with E-state index in [9.17, 15) is 9.18 Å². The zero-order valence-corrected chi connectivity index (χ0v) is 19.0. The van der Waals surface area contributed by atoms with Gasteiger partial charge in [0.05, 0.1) is 6.54 Å². The number of amides is 1. The average molecular weight is 426 g/mol. The van der Waals surface area contributed by atoms with Gasteiger partial charge in [-0.1, -0.05) is 32.9 Å². The summed E-state index contributed by atoms with van der Waals surface area (Å²) in [4.78, 5) is 18.8. The quantitative estimate of drug-likeness (QED) is 0.746. The van der Waals surface area contributed by atoms with Gasteiger partial charge in [-0.25, -0.2) is 4.39 Å². The highest BCUT2D eigenvalue weighted by Gasteiger charge is 2.27. The second-order valence-electron chi connectivity index (χ2n) is 9.03. The summed E-state index contributed by atoms with van der Waals surface area (Å²) in [5.74, 6) is 0.253. The molecule has 0 aromatic heterocycles. The molecule has 0 bridgehead atoms. The van der Waals surface area contributed by atoms with Crippen molar-refractivity contribution < 1.29 is 13.9 Å². The van der Waals surface area contributed by atoms with Crippen molar-refractivity contribution in [3.8, 4) is 5.75 Å². The number of aliphatic imine (C=N–C) groups is 1. The van der Waals surface area contributed by atoms with Gasteiger partial charge in [0, 0.05) is 43.4 Å². The molecule has 1 heterocycles. The molecule has 3 rings (SSSR count). The van der Waals surface area contributed by atoms with Gasteiger partial charge in [0.25, 0.3) is 5.91 Å². The molecule has 1 aliphatic rings. The van der Waals surface area contributed by atoms with E-state index in [2.05, 4.69) is 31.0 Å². The van der Waals surface area contributed by atoms with Crippen LogP contribution in [0.3, 0.4) is 0 Å². The number of rotatable bonds is 6. The SMILES string of the molecule is CNC(=O)c1ccc(O[C@H](CN2CCN=C(C(C)(C)C)C2)c2ccc(C)c(F)c2)cc1. The zero-order chi connectivity index (χ0) is 22.6. The molecule has 1 amide bonds. The van der Waals surface area contributed by atoms with Crippen molar-refractivity contribution in [1.29, 1.82) is 0 Å². The molecule has 2 aromatic carbocycles. The highest BCUT2D eigenvalue weighted by molar-refractivity contribution is 5.94. The summed E-state index contributed by atoms with van der Waals surface area (Å²) in [7, 11) is 1.60. The minimum Gasteiger partial charge on any atom is -0.484 e. The molecule has 2 aromatic rings. The first-order valence-corrected chi connectivity index (χ1v) is 10.7. The van der Waals surface area contributed by atoms with E-state index >= 15 is 0 Å². The molecule has 1 aliphatic heterocycles. The fourth-order valence-corrected chi connectivity index (χ4v) is 3.55. The number of benzene rings is 2. The Balaban J connectivity index is 1.82. The molecule has 5 nitrogen and oxygen atoms in total. The van der Waals surface area contributed by atoms with Gasteiger partial charge in [-0.05, 0) is 48.4 Å². The first kappa shape index (κ1) is 22.9. The number of hydrogen-bond donors (Lipinski definition) is 1. The van der Waals surface area contributed by atoms with Gasteiger partial charge in [0.2, 0.25) is 0 Å². The third-order valence-corrected chi connectivity index (χ3v) is 5.57. The topological polar surface area (TPSA) is 53.9 Å². The van der Waals surface area contributed by atoms with E-state index in [0.717, 1.165) is 25.2 Å². The molecule has 0 unspecified atom stereocenters. The summed E-state index contributed by atoms with van der Waals surface area (Å²) < 4.78 is 20.6. The largest absolute Gasteiger partial charge is 0.484 e. The lowest BCUT2D eigenvalue weighted by Crippen LogP contribution is -2.43. The second kappa shape index (κ2) is 9.60. The fourth-order valence-electron chi connectivity index (χ4n) is 3.55. The van der Waals surface area contributed by atoms with Crippen molar-refractivity contribution >= 4 is 11.6 Å². The zero-order valence-electron chi connectivity index (χ0n) is 19.0. The first-order chi connectivity index (χ1) is 14.7. The molecule has 0 saturated heterocycles. The molecule has 0 saturated carbocycles. The Labute approximate surface area is 184 Å². The van der Waals surface area contributed by atoms with Crippen LogP contribution in [-0.4, -0.2) is 49.7 Å². The standard InChI is InChI=1S/C25H32FN3O2/c1-17-6-7-19(14-21(17)26)22(15-29-13-12-28-23(16-29)25(2,3)4)31-20-10-8-18(9-11-20)24(30)27-5/h6-11,14,22H,12-13,15-16H2,1-5H3,(H,27,30)/t22-/m1/s1. The van der Waals surface area contributed by atoms with Gasteiger partial charge >= 0.3 is 0 Å². The number of nitrogens with one attached hydrogen (secondary N) is 1. The van der Waals surface area contributed by atoms with Crippen molar-refractivity contribution in [2.45, 2.75) is 33.8 Å².